The van der Waals surface area contributed by atoms with E-state index in [-0.39, 0.29) is 18.0 Å². The zero-order valence-electron chi connectivity index (χ0n) is 11.4. The third-order valence-electron chi connectivity index (χ3n) is 2.89. The zero-order chi connectivity index (χ0) is 15.2. The van der Waals surface area contributed by atoms with Gasteiger partial charge < -0.3 is 10.1 Å². The summed E-state index contributed by atoms with van der Waals surface area (Å²) in [5.41, 5.74) is 1.37. The fourth-order valence-electron chi connectivity index (χ4n) is 1.80. The number of nitro groups is 1. The van der Waals surface area contributed by atoms with Gasteiger partial charge in [-0.1, -0.05) is 12.1 Å². The van der Waals surface area contributed by atoms with Crippen molar-refractivity contribution < 1.29 is 14.5 Å². The molecule has 0 radical (unpaired) electrons. The number of nitrogens with zero attached hydrogens (tertiary/aromatic N) is 1. The van der Waals surface area contributed by atoms with Crippen molar-refractivity contribution in [2.45, 2.75) is 6.42 Å². The van der Waals surface area contributed by atoms with Crippen molar-refractivity contribution in [3.8, 4) is 5.75 Å². The summed E-state index contributed by atoms with van der Waals surface area (Å²) in [6.07, 6.45) is 0.223. The van der Waals surface area contributed by atoms with Gasteiger partial charge in [0.1, 0.15) is 5.75 Å². The van der Waals surface area contributed by atoms with E-state index in [1.54, 1.807) is 19.2 Å². The molecule has 0 aromatic heterocycles. The van der Waals surface area contributed by atoms with E-state index in [1.165, 1.54) is 24.3 Å². The molecule has 1 amide bonds. The van der Waals surface area contributed by atoms with Crippen LogP contribution in [-0.4, -0.2) is 17.9 Å². The van der Waals surface area contributed by atoms with Gasteiger partial charge in [-0.15, -0.1) is 0 Å². The molecule has 2 aromatic carbocycles. The Morgan fingerprint density at radius 2 is 1.76 bits per heavy atom. The Hall–Kier alpha value is -2.89. The normalized spacial score (nSPS) is 9.95. The van der Waals surface area contributed by atoms with Gasteiger partial charge in [-0.25, -0.2) is 0 Å². The third kappa shape index (κ3) is 4.04. The molecule has 0 aliphatic carbocycles. The molecule has 108 valence electrons. The van der Waals surface area contributed by atoms with Crippen LogP contribution in [0, 0.1) is 10.1 Å². The molecule has 0 heterocycles. The van der Waals surface area contributed by atoms with E-state index in [9.17, 15) is 14.9 Å². The van der Waals surface area contributed by atoms with Crippen molar-refractivity contribution in [1.29, 1.82) is 0 Å². The Kier molecular flexibility index (Phi) is 4.50. The summed E-state index contributed by atoms with van der Waals surface area (Å²) in [5, 5.41) is 13.2. The van der Waals surface area contributed by atoms with Crippen LogP contribution in [0.2, 0.25) is 0 Å². The molecule has 6 heteroatoms. The second kappa shape index (κ2) is 6.51. The van der Waals surface area contributed by atoms with Crippen LogP contribution in [0.5, 0.6) is 5.75 Å². The number of methoxy groups -OCH3 is 1. The number of nitrogens with one attached hydrogen (secondary N) is 1. The van der Waals surface area contributed by atoms with Crippen LogP contribution in [0.3, 0.4) is 0 Å². The summed E-state index contributed by atoms with van der Waals surface area (Å²) >= 11 is 0. The number of nitro benzene ring substituents is 1. The standard InChI is InChI=1S/C15H14N2O4/c1-21-14-8-2-11(3-9-14)10-15(18)16-12-4-6-13(7-5-12)17(19)20/h2-9H,10H2,1H3,(H,16,18). The molecule has 2 aromatic rings. The monoisotopic (exact) mass is 286 g/mol. The molecule has 0 fully saturated rings. The van der Waals surface area contributed by atoms with Crippen LogP contribution in [-0.2, 0) is 11.2 Å². The Morgan fingerprint density at radius 1 is 1.14 bits per heavy atom. The molecule has 0 saturated carbocycles. The van der Waals surface area contributed by atoms with Crippen molar-refractivity contribution >= 4 is 17.3 Å². The second-order valence-corrected chi connectivity index (χ2v) is 4.38. The first-order valence-corrected chi connectivity index (χ1v) is 6.26. The quantitative estimate of drug-likeness (QED) is 0.677. The summed E-state index contributed by atoms with van der Waals surface area (Å²) in [6.45, 7) is 0. The average Bonchev–Trinajstić information content (AvgIpc) is 2.48. The van der Waals surface area contributed by atoms with Gasteiger partial charge in [-0.3, -0.25) is 14.9 Å². The van der Waals surface area contributed by atoms with Gasteiger partial charge in [0.05, 0.1) is 18.5 Å². The van der Waals surface area contributed by atoms with Gasteiger partial charge in [0, 0.05) is 17.8 Å². The second-order valence-electron chi connectivity index (χ2n) is 4.38. The molecule has 2 rings (SSSR count). The number of ether oxygens (including phenoxy) is 1. The third-order valence-corrected chi connectivity index (χ3v) is 2.89. The number of carbonyl (C=O) groups excluding carboxylic acids is 1. The van der Waals surface area contributed by atoms with Crippen LogP contribution >= 0.6 is 0 Å². The van der Waals surface area contributed by atoms with Gasteiger partial charge in [0.25, 0.3) is 5.69 Å². The molecule has 0 bridgehead atoms. The van der Waals surface area contributed by atoms with Gasteiger partial charge in [-0.05, 0) is 29.8 Å². The summed E-state index contributed by atoms with van der Waals surface area (Å²) in [6, 6.07) is 12.9. The molecule has 0 spiro atoms. The summed E-state index contributed by atoms with van der Waals surface area (Å²) in [5.74, 6) is 0.545. The summed E-state index contributed by atoms with van der Waals surface area (Å²) in [4.78, 5) is 21.9. The summed E-state index contributed by atoms with van der Waals surface area (Å²) < 4.78 is 5.04. The van der Waals surface area contributed by atoms with Crippen molar-refractivity contribution in [2.24, 2.45) is 0 Å². The fraction of sp³-hybridized carbons (Fsp3) is 0.133. The lowest BCUT2D eigenvalue weighted by Gasteiger charge is -2.06. The van der Waals surface area contributed by atoms with E-state index < -0.39 is 4.92 Å². The van der Waals surface area contributed by atoms with Crippen LogP contribution in [0.1, 0.15) is 5.56 Å². The molecule has 0 saturated heterocycles. The van der Waals surface area contributed by atoms with E-state index in [2.05, 4.69) is 5.32 Å². The van der Waals surface area contributed by atoms with Crippen LogP contribution in [0.15, 0.2) is 48.5 Å². The molecular weight excluding hydrogens is 272 g/mol. The molecule has 1 N–H and O–H groups in total. The van der Waals surface area contributed by atoms with Gasteiger partial charge in [0.15, 0.2) is 0 Å². The average molecular weight is 286 g/mol. The van der Waals surface area contributed by atoms with E-state index in [4.69, 9.17) is 4.74 Å². The first-order chi connectivity index (χ1) is 10.1. The highest BCUT2D eigenvalue weighted by Crippen LogP contribution is 2.16. The van der Waals surface area contributed by atoms with Crippen molar-refractivity contribution in [2.75, 3.05) is 12.4 Å². The number of anilines is 1. The molecule has 0 aliphatic rings. The minimum Gasteiger partial charge on any atom is -0.497 e. The molecule has 6 nitrogen and oxygen atoms in total. The minimum atomic E-state index is -0.483. The first kappa shape index (κ1) is 14.5. The SMILES string of the molecule is COc1ccc(CC(=O)Nc2ccc([N+](=O)[O-])cc2)cc1. The number of carbonyl (C=O) groups is 1. The highest BCUT2D eigenvalue weighted by atomic mass is 16.6. The number of benzene rings is 2. The van der Waals surface area contributed by atoms with Crippen molar-refractivity contribution in [3.63, 3.8) is 0 Å². The molecule has 0 atom stereocenters. The Labute approximate surface area is 121 Å². The number of hydrogen-bond acceptors (Lipinski definition) is 4. The smallest absolute Gasteiger partial charge is 0.269 e. The Morgan fingerprint density at radius 3 is 2.29 bits per heavy atom. The Balaban J connectivity index is 1.95. The molecule has 0 aliphatic heterocycles. The highest BCUT2D eigenvalue weighted by Gasteiger charge is 2.07. The number of rotatable bonds is 5. The largest absolute Gasteiger partial charge is 0.497 e. The number of non-ortho nitro benzene ring substituents is 1. The number of amides is 1. The maximum absolute atomic E-state index is 11.9. The van der Waals surface area contributed by atoms with Crippen molar-refractivity contribution in [1.82, 2.24) is 0 Å². The maximum atomic E-state index is 11.9. The summed E-state index contributed by atoms with van der Waals surface area (Å²) in [7, 11) is 1.58. The van der Waals surface area contributed by atoms with Crippen LogP contribution in [0.25, 0.3) is 0 Å². The topological polar surface area (TPSA) is 81.5 Å². The van der Waals surface area contributed by atoms with Crippen molar-refractivity contribution in [3.05, 3.63) is 64.2 Å². The predicted molar refractivity (Wildman–Crippen MR) is 78.4 cm³/mol. The first-order valence-electron chi connectivity index (χ1n) is 6.26. The van der Waals surface area contributed by atoms with E-state index in [0.717, 1.165) is 11.3 Å². The fourth-order valence-corrected chi connectivity index (χ4v) is 1.80. The minimum absolute atomic E-state index is 0.0110. The highest BCUT2D eigenvalue weighted by molar-refractivity contribution is 5.92. The maximum Gasteiger partial charge on any atom is 0.269 e. The van der Waals surface area contributed by atoms with E-state index in [0.29, 0.717) is 5.69 Å². The lowest BCUT2D eigenvalue weighted by Crippen LogP contribution is -2.14. The zero-order valence-corrected chi connectivity index (χ0v) is 11.4. The van der Waals surface area contributed by atoms with Gasteiger partial charge >= 0.3 is 0 Å². The Bertz CT molecular complexity index is 636. The van der Waals surface area contributed by atoms with E-state index >= 15 is 0 Å². The van der Waals surface area contributed by atoms with Gasteiger partial charge in [-0.2, -0.15) is 0 Å². The predicted octanol–water partition coefficient (Wildman–Crippen LogP) is 2.78. The van der Waals surface area contributed by atoms with Crippen LogP contribution in [0.4, 0.5) is 11.4 Å². The molecule has 0 unspecified atom stereocenters. The molecular formula is C15H14N2O4. The lowest BCUT2D eigenvalue weighted by atomic mass is 10.1. The number of hydrogen-bond donors (Lipinski definition) is 1. The molecule has 21 heavy (non-hydrogen) atoms. The van der Waals surface area contributed by atoms with E-state index in [1.807, 2.05) is 12.1 Å². The van der Waals surface area contributed by atoms with Gasteiger partial charge in [0.2, 0.25) is 5.91 Å². The lowest BCUT2D eigenvalue weighted by molar-refractivity contribution is -0.384. The van der Waals surface area contributed by atoms with Crippen LogP contribution < -0.4 is 10.1 Å².